The van der Waals surface area contributed by atoms with Gasteiger partial charge in [0.2, 0.25) is 0 Å². The average Bonchev–Trinajstić information content (AvgIpc) is 3.01. The highest BCUT2D eigenvalue weighted by Crippen LogP contribution is 2.18. The minimum absolute atomic E-state index is 0.873. The van der Waals surface area contributed by atoms with Gasteiger partial charge >= 0.3 is 0 Å². The molecule has 1 aliphatic heterocycles. The lowest BCUT2D eigenvalue weighted by Gasteiger charge is -2.29. The highest BCUT2D eigenvalue weighted by Gasteiger charge is 2.16. The van der Waals surface area contributed by atoms with E-state index in [2.05, 4.69) is 45.1 Å². The maximum atomic E-state index is 4.29. The zero-order valence-electron chi connectivity index (χ0n) is 13.3. The molecular weight excluding hydrogens is 280 g/mol. The number of piperidine rings is 1. The molecule has 1 aliphatic rings. The number of hydrogen-bond donors (Lipinski definition) is 2. The van der Waals surface area contributed by atoms with Crippen LogP contribution in [0.5, 0.6) is 0 Å². The van der Waals surface area contributed by atoms with Gasteiger partial charge in [0, 0.05) is 25.0 Å². The van der Waals surface area contributed by atoms with Gasteiger partial charge in [-0.15, -0.1) is 11.3 Å². The van der Waals surface area contributed by atoms with Crippen LogP contribution in [0.15, 0.2) is 22.5 Å². The Kier molecular flexibility index (Phi) is 7.03. The predicted octanol–water partition coefficient (Wildman–Crippen LogP) is 2.19. The summed E-state index contributed by atoms with van der Waals surface area (Å²) in [5, 5.41) is 8.96. The Bertz CT molecular complexity index is 408. The van der Waals surface area contributed by atoms with E-state index in [1.54, 1.807) is 0 Å². The molecule has 0 unspecified atom stereocenters. The van der Waals surface area contributed by atoms with Gasteiger partial charge in [0.1, 0.15) is 0 Å². The Labute approximate surface area is 132 Å². The zero-order valence-corrected chi connectivity index (χ0v) is 14.1. The van der Waals surface area contributed by atoms with Crippen molar-refractivity contribution < 1.29 is 0 Å². The first kappa shape index (κ1) is 16.3. The monoisotopic (exact) mass is 308 g/mol. The largest absolute Gasteiger partial charge is 0.356 e. The van der Waals surface area contributed by atoms with Crippen LogP contribution in [0.4, 0.5) is 0 Å². The summed E-state index contributed by atoms with van der Waals surface area (Å²) in [4.78, 5) is 8.14. The smallest absolute Gasteiger partial charge is 0.190 e. The molecule has 2 rings (SSSR count). The highest BCUT2D eigenvalue weighted by atomic mass is 32.1. The van der Waals surface area contributed by atoms with Crippen LogP contribution in [0.25, 0.3) is 0 Å². The van der Waals surface area contributed by atoms with Crippen molar-refractivity contribution in [3.8, 4) is 0 Å². The molecule has 21 heavy (non-hydrogen) atoms. The van der Waals surface area contributed by atoms with Crippen LogP contribution < -0.4 is 10.6 Å². The molecule has 1 aromatic rings. The number of nitrogens with zero attached hydrogens (tertiary/aromatic N) is 2. The summed E-state index contributed by atoms with van der Waals surface area (Å²) in [6, 6.07) is 4.29. The van der Waals surface area contributed by atoms with Gasteiger partial charge in [-0.25, -0.2) is 0 Å². The molecule has 1 fully saturated rings. The van der Waals surface area contributed by atoms with Crippen LogP contribution in [0.3, 0.4) is 0 Å². The van der Waals surface area contributed by atoms with Gasteiger partial charge in [-0.05, 0) is 63.2 Å². The van der Waals surface area contributed by atoms with Gasteiger partial charge in [-0.2, -0.15) is 0 Å². The van der Waals surface area contributed by atoms with Gasteiger partial charge in [-0.1, -0.05) is 6.07 Å². The van der Waals surface area contributed by atoms with Crippen molar-refractivity contribution in [2.24, 2.45) is 10.9 Å². The molecule has 118 valence electrons. The number of rotatable bonds is 6. The summed E-state index contributed by atoms with van der Waals surface area (Å²) >= 11 is 1.81. The van der Waals surface area contributed by atoms with Gasteiger partial charge in [0.25, 0.3) is 0 Å². The van der Waals surface area contributed by atoms with Gasteiger partial charge in [0.05, 0.1) is 0 Å². The number of aliphatic imine (C=N–C) groups is 1. The summed E-state index contributed by atoms with van der Waals surface area (Å²) < 4.78 is 0. The van der Waals surface area contributed by atoms with Crippen molar-refractivity contribution >= 4 is 17.3 Å². The summed E-state index contributed by atoms with van der Waals surface area (Å²) in [5.41, 5.74) is 0. The van der Waals surface area contributed by atoms with Gasteiger partial charge in [-0.3, -0.25) is 4.99 Å². The van der Waals surface area contributed by atoms with E-state index in [0.717, 1.165) is 31.4 Å². The summed E-state index contributed by atoms with van der Waals surface area (Å²) in [6.07, 6.45) is 4.98. The quantitative estimate of drug-likeness (QED) is 0.625. The van der Waals surface area contributed by atoms with Crippen LogP contribution in [0.1, 0.15) is 24.1 Å². The molecule has 0 amide bonds. The van der Waals surface area contributed by atoms with Crippen molar-refractivity contribution in [1.29, 1.82) is 0 Å². The molecule has 2 heterocycles. The Morgan fingerprint density at radius 1 is 1.33 bits per heavy atom. The maximum Gasteiger partial charge on any atom is 0.190 e. The summed E-state index contributed by atoms with van der Waals surface area (Å²) in [5.74, 6) is 1.80. The van der Waals surface area contributed by atoms with E-state index in [4.69, 9.17) is 0 Å². The second-order valence-electron chi connectivity index (χ2n) is 5.79. The molecule has 0 atom stereocenters. The van der Waals surface area contributed by atoms with E-state index in [9.17, 15) is 0 Å². The first-order chi connectivity index (χ1) is 10.3. The molecule has 1 saturated heterocycles. The lowest BCUT2D eigenvalue weighted by molar-refractivity contribution is 0.213. The third kappa shape index (κ3) is 6.06. The topological polar surface area (TPSA) is 39.7 Å². The SMILES string of the molecule is CN=C(NCCc1cccs1)NCCC1CCN(C)CC1. The number of nitrogens with one attached hydrogen (secondary N) is 2. The Hall–Kier alpha value is -1.07. The number of hydrogen-bond acceptors (Lipinski definition) is 3. The van der Waals surface area contributed by atoms with Crippen LogP contribution >= 0.6 is 11.3 Å². The molecule has 0 saturated carbocycles. The number of likely N-dealkylation sites (tertiary alicyclic amines) is 1. The average molecular weight is 308 g/mol. The molecule has 0 aromatic carbocycles. The fraction of sp³-hybridized carbons (Fsp3) is 0.688. The van der Waals surface area contributed by atoms with Gasteiger partial charge < -0.3 is 15.5 Å². The Balaban J connectivity index is 1.57. The summed E-state index contributed by atoms with van der Waals surface area (Å²) in [6.45, 7) is 4.46. The minimum Gasteiger partial charge on any atom is -0.356 e. The molecule has 4 nitrogen and oxygen atoms in total. The first-order valence-corrected chi connectivity index (χ1v) is 8.81. The van der Waals surface area contributed by atoms with E-state index < -0.39 is 0 Å². The van der Waals surface area contributed by atoms with E-state index in [0.29, 0.717) is 0 Å². The molecular formula is C16H28N4S. The normalized spacial score (nSPS) is 17.9. The number of thiophene rings is 1. The van der Waals surface area contributed by atoms with E-state index in [-0.39, 0.29) is 0 Å². The first-order valence-electron chi connectivity index (χ1n) is 7.93. The Morgan fingerprint density at radius 3 is 2.76 bits per heavy atom. The second kappa shape index (κ2) is 9.05. The van der Waals surface area contributed by atoms with E-state index >= 15 is 0 Å². The fourth-order valence-corrected chi connectivity index (χ4v) is 3.43. The lowest BCUT2D eigenvalue weighted by Crippen LogP contribution is -2.39. The maximum absolute atomic E-state index is 4.29. The lowest BCUT2D eigenvalue weighted by atomic mass is 9.94. The van der Waals surface area contributed by atoms with Crippen LogP contribution in [-0.2, 0) is 6.42 Å². The van der Waals surface area contributed by atoms with Crippen LogP contribution in [0, 0.1) is 5.92 Å². The van der Waals surface area contributed by atoms with Crippen LogP contribution in [-0.4, -0.2) is 51.1 Å². The molecule has 0 aliphatic carbocycles. The number of guanidine groups is 1. The van der Waals surface area contributed by atoms with Crippen molar-refractivity contribution in [3.63, 3.8) is 0 Å². The molecule has 0 spiro atoms. The van der Waals surface area contributed by atoms with Crippen molar-refractivity contribution in [2.45, 2.75) is 25.7 Å². The molecule has 2 N–H and O–H groups in total. The van der Waals surface area contributed by atoms with Crippen LogP contribution in [0.2, 0.25) is 0 Å². The van der Waals surface area contributed by atoms with E-state index in [1.807, 2.05) is 18.4 Å². The predicted molar refractivity (Wildman–Crippen MR) is 92.2 cm³/mol. The second-order valence-corrected chi connectivity index (χ2v) is 6.82. The van der Waals surface area contributed by atoms with Crippen molar-refractivity contribution in [2.75, 3.05) is 40.3 Å². The summed E-state index contributed by atoms with van der Waals surface area (Å²) in [7, 11) is 4.06. The zero-order chi connectivity index (χ0) is 14.9. The molecule has 5 heteroatoms. The molecule has 0 bridgehead atoms. The highest BCUT2D eigenvalue weighted by molar-refractivity contribution is 7.09. The molecule has 1 aromatic heterocycles. The van der Waals surface area contributed by atoms with Crippen molar-refractivity contribution in [1.82, 2.24) is 15.5 Å². The fourth-order valence-electron chi connectivity index (χ4n) is 2.72. The van der Waals surface area contributed by atoms with Gasteiger partial charge in [0.15, 0.2) is 5.96 Å². The molecule has 0 radical (unpaired) electrons. The Morgan fingerprint density at radius 2 is 2.10 bits per heavy atom. The standard InChI is InChI=1S/C16H28N4S/c1-17-16(19-10-6-15-4-3-13-21-15)18-9-5-14-7-11-20(2)12-8-14/h3-4,13-14H,5-12H2,1-2H3,(H2,17,18,19). The minimum atomic E-state index is 0.873. The van der Waals surface area contributed by atoms with Crippen molar-refractivity contribution in [3.05, 3.63) is 22.4 Å². The van der Waals surface area contributed by atoms with E-state index in [1.165, 1.54) is 37.2 Å². The third-order valence-corrected chi connectivity index (χ3v) is 5.09. The third-order valence-electron chi connectivity index (χ3n) is 4.15.